The summed E-state index contributed by atoms with van der Waals surface area (Å²) in [6, 6.07) is 0. The van der Waals surface area contributed by atoms with Crippen LogP contribution in [0.3, 0.4) is 0 Å². The first-order valence-corrected chi connectivity index (χ1v) is 4.33. The van der Waals surface area contributed by atoms with Gasteiger partial charge in [0.1, 0.15) is 6.61 Å². The first kappa shape index (κ1) is 19.1. The zero-order valence-corrected chi connectivity index (χ0v) is 8.81. The molecule has 0 amide bonds. The predicted molar refractivity (Wildman–Crippen MR) is 37.7 cm³/mol. The summed E-state index contributed by atoms with van der Waals surface area (Å²) in [5.41, 5.74) is 0. The largest absolute Gasteiger partial charge is 0.428 e. The number of hydrogen-bond donors (Lipinski definition) is 0. The maximum absolute atomic E-state index is 12.4. The Labute approximate surface area is 102 Å². The summed E-state index contributed by atoms with van der Waals surface area (Å²) in [5, 5.41) is 0. The molecule has 0 N–H and O–H groups in total. The normalized spacial score (nSPS) is 18.0. The summed E-state index contributed by atoms with van der Waals surface area (Å²) in [4.78, 5) is 0. The Bertz CT molecular complexity index is 285. The second-order valence-corrected chi connectivity index (χ2v) is 3.42. The predicted octanol–water partition coefficient (Wildman–Crippen LogP) is 4.03. The van der Waals surface area contributed by atoms with Gasteiger partial charge in [-0.1, -0.05) is 0 Å². The van der Waals surface area contributed by atoms with Crippen molar-refractivity contribution < 1.29 is 57.4 Å². The highest BCUT2D eigenvalue weighted by Crippen LogP contribution is 2.39. The Morgan fingerprint density at radius 2 is 1.00 bits per heavy atom. The quantitative estimate of drug-likeness (QED) is 0.691. The minimum absolute atomic E-state index is 2.48. The third-order valence-electron chi connectivity index (χ3n) is 1.70. The molecule has 0 bridgehead atoms. The third-order valence-corrected chi connectivity index (χ3v) is 1.70. The number of halogens is 12. The molecule has 0 radical (unpaired) electrons. The van der Waals surface area contributed by atoms with Crippen LogP contribution < -0.4 is 0 Å². The molecular weight excluding hydrogens is 328 g/mol. The van der Waals surface area contributed by atoms with E-state index in [-0.39, 0.29) is 0 Å². The van der Waals surface area contributed by atoms with Gasteiger partial charge in [-0.3, -0.25) is 0 Å². The highest BCUT2D eigenvalue weighted by molar-refractivity contribution is 4.84. The zero-order chi connectivity index (χ0) is 16.6. The standard InChI is InChI=1S/C7H4F12O/c8-2(5(12,13)14)4(10,11)1-20-7(18,19)3(9)6(15,16)17/h2-3H,1H2/t2-,3-/m1/s1. The molecule has 0 saturated carbocycles. The van der Waals surface area contributed by atoms with Crippen molar-refractivity contribution in [1.82, 2.24) is 0 Å². The van der Waals surface area contributed by atoms with Gasteiger partial charge < -0.3 is 4.74 Å². The van der Waals surface area contributed by atoms with Gasteiger partial charge in [-0.25, -0.2) is 17.6 Å². The van der Waals surface area contributed by atoms with E-state index in [0.29, 0.717) is 0 Å². The molecule has 0 aliphatic heterocycles. The maximum atomic E-state index is 12.4. The van der Waals surface area contributed by atoms with Crippen molar-refractivity contribution in [2.75, 3.05) is 6.61 Å². The minimum Gasteiger partial charge on any atom is -0.311 e. The van der Waals surface area contributed by atoms with Crippen molar-refractivity contribution in [2.45, 2.75) is 36.7 Å². The molecule has 0 aliphatic rings. The van der Waals surface area contributed by atoms with Crippen molar-refractivity contribution in [3.63, 3.8) is 0 Å². The number of hydrogen-bond acceptors (Lipinski definition) is 1. The van der Waals surface area contributed by atoms with Crippen LogP contribution in [0.25, 0.3) is 0 Å². The highest BCUT2D eigenvalue weighted by atomic mass is 19.4. The van der Waals surface area contributed by atoms with E-state index in [1.165, 1.54) is 0 Å². The molecule has 13 heteroatoms. The Hall–Kier alpha value is -0.880. The van der Waals surface area contributed by atoms with E-state index < -0.39 is 43.3 Å². The van der Waals surface area contributed by atoms with Crippen molar-refractivity contribution in [3.8, 4) is 0 Å². The zero-order valence-electron chi connectivity index (χ0n) is 8.81. The molecule has 0 fully saturated rings. The lowest BCUT2D eigenvalue weighted by Gasteiger charge is -2.27. The van der Waals surface area contributed by atoms with Crippen LogP contribution in [-0.4, -0.2) is 43.3 Å². The SMILES string of the molecule is F[C@H](C(F)(F)F)C(F)(F)OCC(F)(F)[C@@H](F)C(F)(F)F. The molecule has 0 unspecified atom stereocenters. The molecule has 0 aromatic rings. The van der Waals surface area contributed by atoms with Gasteiger partial charge >= 0.3 is 24.4 Å². The van der Waals surface area contributed by atoms with Crippen LogP contribution in [0.1, 0.15) is 0 Å². The Morgan fingerprint density at radius 3 is 1.30 bits per heavy atom. The lowest BCUT2D eigenvalue weighted by Crippen LogP contribution is -2.49. The molecule has 0 spiro atoms. The molecule has 0 aromatic carbocycles. The first-order valence-electron chi connectivity index (χ1n) is 4.33. The van der Waals surface area contributed by atoms with Gasteiger partial charge in [0.25, 0.3) is 12.3 Å². The van der Waals surface area contributed by atoms with Gasteiger partial charge in [0.05, 0.1) is 0 Å². The van der Waals surface area contributed by atoms with Crippen LogP contribution in [-0.2, 0) is 4.74 Å². The fourth-order valence-electron chi connectivity index (χ4n) is 0.769. The number of ether oxygens (including phenoxy) is 1. The Kier molecular flexibility index (Phi) is 5.24. The third kappa shape index (κ3) is 4.90. The molecular formula is C7H4F12O. The smallest absolute Gasteiger partial charge is 0.311 e. The fourth-order valence-corrected chi connectivity index (χ4v) is 0.769. The van der Waals surface area contributed by atoms with E-state index in [0.717, 1.165) is 0 Å². The average Bonchev–Trinajstić information content (AvgIpc) is 2.22. The first-order chi connectivity index (χ1) is 8.52. The van der Waals surface area contributed by atoms with E-state index in [4.69, 9.17) is 0 Å². The summed E-state index contributed by atoms with van der Waals surface area (Å²) in [6.45, 7) is -3.10. The van der Waals surface area contributed by atoms with E-state index >= 15 is 0 Å². The van der Waals surface area contributed by atoms with Crippen molar-refractivity contribution in [3.05, 3.63) is 0 Å². The number of rotatable bonds is 5. The topological polar surface area (TPSA) is 9.23 Å². The van der Waals surface area contributed by atoms with E-state index in [2.05, 4.69) is 4.74 Å². The van der Waals surface area contributed by atoms with Crippen LogP contribution in [0.5, 0.6) is 0 Å². The molecule has 0 aromatic heterocycles. The highest BCUT2D eigenvalue weighted by Gasteiger charge is 2.62. The van der Waals surface area contributed by atoms with E-state index in [1.54, 1.807) is 0 Å². The molecule has 0 rings (SSSR count). The van der Waals surface area contributed by atoms with Gasteiger partial charge in [0.2, 0.25) is 0 Å². The van der Waals surface area contributed by atoms with E-state index in [9.17, 15) is 52.7 Å². The van der Waals surface area contributed by atoms with Gasteiger partial charge in [0.15, 0.2) is 0 Å². The summed E-state index contributed by atoms with van der Waals surface area (Å²) >= 11 is 0. The molecule has 0 saturated heterocycles. The van der Waals surface area contributed by atoms with Crippen LogP contribution >= 0.6 is 0 Å². The summed E-state index contributed by atoms with van der Waals surface area (Å²) < 4.78 is 146. The Morgan fingerprint density at radius 1 is 0.650 bits per heavy atom. The summed E-state index contributed by atoms with van der Waals surface area (Å²) in [7, 11) is 0. The maximum Gasteiger partial charge on any atom is 0.428 e. The molecule has 1 nitrogen and oxygen atoms in total. The lowest BCUT2D eigenvalue weighted by atomic mass is 10.2. The molecule has 0 heterocycles. The van der Waals surface area contributed by atoms with Crippen LogP contribution in [0, 0.1) is 0 Å². The van der Waals surface area contributed by atoms with Crippen LogP contribution in [0.2, 0.25) is 0 Å². The molecule has 0 aliphatic carbocycles. The second-order valence-electron chi connectivity index (χ2n) is 3.42. The van der Waals surface area contributed by atoms with Crippen LogP contribution in [0.15, 0.2) is 0 Å². The van der Waals surface area contributed by atoms with Gasteiger partial charge in [-0.05, 0) is 0 Å². The van der Waals surface area contributed by atoms with Gasteiger partial charge in [-0.15, -0.1) is 0 Å². The number of alkyl halides is 12. The van der Waals surface area contributed by atoms with Crippen molar-refractivity contribution in [2.24, 2.45) is 0 Å². The fraction of sp³-hybridized carbons (Fsp3) is 1.00. The summed E-state index contributed by atoms with van der Waals surface area (Å²) in [5.74, 6) is -5.62. The minimum atomic E-state index is -6.21. The van der Waals surface area contributed by atoms with Crippen LogP contribution in [0.4, 0.5) is 52.7 Å². The molecule has 122 valence electrons. The lowest BCUT2D eigenvalue weighted by molar-refractivity contribution is -0.355. The average molecular weight is 332 g/mol. The molecule has 2 atom stereocenters. The molecule has 20 heavy (non-hydrogen) atoms. The Balaban J connectivity index is 4.84. The van der Waals surface area contributed by atoms with E-state index in [1.807, 2.05) is 0 Å². The summed E-state index contributed by atoms with van der Waals surface area (Å²) in [6.07, 6.45) is -28.3. The van der Waals surface area contributed by atoms with Gasteiger partial charge in [-0.2, -0.15) is 35.1 Å². The van der Waals surface area contributed by atoms with Crippen molar-refractivity contribution >= 4 is 0 Å². The second kappa shape index (κ2) is 5.48. The van der Waals surface area contributed by atoms with Gasteiger partial charge in [0, 0.05) is 0 Å². The monoisotopic (exact) mass is 332 g/mol. The van der Waals surface area contributed by atoms with Crippen molar-refractivity contribution in [1.29, 1.82) is 0 Å².